The van der Waals surface area contributed by atoms with Crippen molar-refractivity contribution in [1.82, 2.24) is 9.71 Å². The summed E-state index contributed by atoms with van der Waals surface area (Å²) in [7, 11) is -2.27. The third-order valence-electron chi connectivity index (χ3n) is 4.10. The maximum Gasteiger partial charge on any atom is 0.299 e. The standard InChI is InChI=1S/C20H22FN3O5S/c1-3-28-11-10-23-30(25,26)16-8-9-18(27-2)17(12-16)24-20-22-13-19(29-20)14-4-6-15(21)7-5-14/h4-9,12-13,23H,3,10-11H2,1-2H3,(H,22,24). The first-order chi connectivity index (χ1) is 14.4. The first-order valence-electron chi connectivity index (χ1n) is 9.17. The van der Waals surface area contributed by atoms with Crippen molar-refractivity contribution in [1.29, 1.82) is 0 Å². The van der Waals surface area contributed by atoms with Gasteiger partial charge in [-0.15, -0.1) is 0 Å². The molecule has 2 aromatic carbocycles. The van der Waals surface area contributed by atoms with Gasteiger partial charge in [0.1, 0.15) is 11.6 Å². The number of ether oxygens (including phenoxy) is 2. The minimum atomic E-state index is -3.73. The van der Waals surface area contributed by atoms with E-state index in [0.29, 0.717) is 29.4 Å². The molecule has 0 saturated carbocycles. The van der Waals surface area contributed by atoms with E-state index in [9.17, 15) is 12.8 Å². The zero-order valence-corrected chi connectivity index (χ0v) is 17.3. The van der Waals surface area contributed by atoms with Gasteiger partial charge in [0.05, 0.1) is 30.5 Å². The molecule has 160 valence electrons. The van der Waals surface area contributed by atoms with Crippen LogP contribution >= 0.6 is 0 Å². The second-order valence-corrected chi connectivity index (χ2v) is 7.89. The van der Waals surface area contributed by atoms with Crippen LogP contribution in [0.3, 0.4) is 0 Å². The minimum absolute atomic E-state index is 0.0487. The fraction of sp³-hybridized carbons (Fsp3) is 0.250. The lowest BCUT2D eigenvalue weighted by Crippen LogP contribution is -2.27. The van der Waals surface area contributed by atoms with Crippen LogP contribution in [0.1, 0.15) is 6.92 Å². The highest BCUT2D eigenvalue weighted by molar-refractivity contribution is 7.89. The molecule has 0 aliphatic carbocycles. The van der Waals surface area contributed by atoms with Gasteiger partial charge in [0.15, 0.2) is 5.76 Å². The first-order valence-corrected chi connectivity index (χ1v) is 10.7. The second-order valence-electron chi connectivity index (χ2n) is 6.12. The number of sulfonamides is 1. The molecule has 3 rings (SSSR count). The molecule has 3 aromatic rings. The number of anilines is 2. The first kappa shape index (κ1) is 21.8. The number of rotatable bonds is 10. The molecule has 8 nitrogen and oxygen atoms in total. The van der Waals surface area contributed by atoms with Crippen LogP contribution in [0.2, 0.25) is 0 Å². The van der Waals surface area contributed by atoms with Crippen LogP contribution in [-0.2, 0) is 14.8 Å². The van der Waals surface area contributed by atoms with E-state index in [0.717, 1.165) is 0 Å². The fourth-order valence-electron chi connectivity index (χ4n) is 2.62. The van der Waals surface area contributed by atoms with Gasteiger partial charge in [-0.1, -0.05) is 0 Å². The molecule has 2 N–H and O–H groups in total. The van der Waals surface area contributed by atoms with Crippen molar-refractivity contribution in [2.45, 2.75) is 11.8 Å². The Balaban J connectivity index is 1.80. The predicted molar refractivity (Wildman–Crippen MR) is 110 cm³/mol. The van der Waals surface area contributed by atoms with E-state index in [1.54, 1.807) is 12.1 Å². The summed E-state index contributed by atoms with van der Waals surface area (Å²) in [5.41, 5.74) is 1.01. The molecule has 0 aliphatic heterocycles. The van der Waals surface area contributed by atoms with Gasteiger partial charge in [-0.2, -0.15) is 0 Å². The normalized spacial score (nSPS) is 11.4. The second kappa shape index (κ2) is 9.70. The van der Waals surface area contributed by atoms with Crippen molar-refractivity contribution in [3.8, 4) is 17.1 Å². The van der Waals surface area contributed by atoms with Crippen LogP contribution in [0.15, 0.2) is 58.0 Å². The van der Waals surface area contributed by atoms with Crippen LogP contribution in [0.25, 0.3) is 11.3 Å². The van der Waals surface area contributed by atoms with Gasteiger partial charge in [0.2, 0.25) is 10.0 Å². The maximum atomic E-state index is 13.1. The topological polar surface area (TPSA) is 103 Å². The molecule has 0 amide bonds. The fourth-order valence-corrected chi connectivity index (χ4v) is 3.66. The zero-order valence-electron chi connectivity index (χ0n) is 16.5. The van der Waals surface area contributed by atoms with Crippen molar-refractivity contribution in [3.05, 3.63) is 54.5 Å². The number of methoxy groups -OCH3 is 1. The van der Waals surface area contributed by atoms with E-state index < -0.39 is 10.0 Å². The Morgan fingerprint density at radius 2 is 1.93 bits per heavy atom. The molecule has 0 fully saturated rings. The lowest BCUT2D eigenvalue weighted by Gasteiger charge is -2.12. The van der Waals surface area contributed by atoms with Gasteiger partial charge < -0.3 is 19.2 Å². The lowest BCUT2D eigenvalue weighted by molar-refractivity contribution is 0.153. The Labute approximate surface area is 174 Å². The molecule has 0 radical (unpaired) electrons. The van der Waals surface area contributed by atoms with Crippen molar-refractivity contribution < 1.29 is 26.7 Å². The minimum Gasteiger partial charge on any atom is -0.495 e. The number of oxazole rings is 1. The van der Waals surface area contributed by atoms with Crippen LogP contribution in [0.5, 0.6) is 5.75 Å². The van der Waals surface area contributed by atoms with Crippen LogP contribution in [0, 0.1) is 5.82 Å². The lowest BCUT2D eigenvalue weighted by atomic mass is 10.2. The van der Waals surface area contributed by atoms with Gasteiger partial charge in [-0.05, 0) is 49.4 Å². The Hall–Kier alpha value is -2.95. The molecule has 10 heteroatoms. The van der Waals surface area contributed by atoms with Crippen LogP contribution in [0.4, 0.5) is 16.1 Å². The van der Waals surface area contributed by atoms with Gasteiger partial charge in [0.25, 0.3) is 6.01 Å². The Morgan fingerprint density at radius 1 is 1.17 bits per heavy atom. The molecule has 30 heavy (non-hydrogen) atoms. The number of halogens is 1. The summed E-state index contributed by atoms with van der Waals surface area (Å²) in [5, 5.41) is 2.92. The van der Waals surface area contributed by atoms with Crippen LogP contribution < -0.4 is 14.8 Å². The van der Waals surface area contributed by atoms with Crippen molar-refractivity contribution >= 4 is 21.7 Å². The maximum absolute atomic E-state index is 13.1. The summed E-state index contributed by atoms with van der Waals surface area (Å²) >= 11 is 0. The molecule has 0 atom stereocenters. The third-order valence-corrected chi connectivity index (χ3v) is 5.56. The molecule has 0 aliphatic rings. The Kier molecular flexibility index (Phi) is 7.03. The van der Waals surface area contributed by atoms with Gasteiger partial charge in [0, 0.05) is 18.7 Å². The Bertz CT molecular complexity index is 1080. The van der Waals surface area contributed by atoms with E-state index in [1.165, 1.54) is 43.6 Å². The van der Waals surface area contributed by atoms with E-state index in [1.807, 2.05) is 6.92 Å². The number of hydrogen-bond donors (Lipinski definition) is 2. The quantitative estimate of drug-likeness (QED) is 0.470. The third kappa shape index (κ3) is 5.35. The van der Waals surface area contributed by atoms with E-state index in [4.69, 9.17) is 13.9 Å². The van der Waals surface area contributed by atoms with Crippen molar-refractivity contribution in [2.75, 3.05) is 32.2 Å². The smallest absolute Gasteiger partial charge is 0.299 e. The molecule has 0 spiro atoms. The SMILES string of the molecule is CCOCCNS(=O)(=O)c1ccc(OC)c(Nc2ncc(-c3ccc(F)cc3)o2)c1. The summed E-state index contributed by atoms with van der Waals surface area (Å²) in [4.78, 5) is 4.19. The highest BCUT2D eigenvalue weighted by Gasteiger charge is 2.17. The average Bonchev–Trinajstić information content (AvgIpc) is 3.20. The largest absolute Gasteiger partial charge is 0.495 e. The summed E-state index contributed by atoms with van der Waals surface area (Å²) in [5.74, 6) is 0.483. The van der Waals surface area contributed by atoms with E-state index in [-0.39, 0.29) is 29.9 Å². The molecule has 0 saturated heterocycles. The highest BCUT2D eigenvalue weighted by atomic mass is 32.2. The average molecular weight is 435 g/mol. The van der Waals surface area contributed by atoms with Crippen molar-refractivity contribution in [3.63, 3.8) is 0 Å². The molecular weight excluding hydrogens is 413 g/mol. The van der Waals surface area contributed by atoms with Crippen LogP contribution in [-0.4, -0.2) is 40.3 Å². The molecule has 0 unspecified atom stereocenters. The van der Waals surface area contributed by atoms with Gasteiger partial charge in [-0.25, -0.2) is 22.5 Å². The molecule has 0 bridgehead atoms. The summed E-state index contributed by atoms with van der Waals surface area (Å²) in [6, 6.07) is 10.3. The Morgan fingerprint density at radius 3 is 2.63 bits per heavy atom. The number of hydrogen-bond acceptors (Lipinski definition) is 7. The number of benzene rings is 2. The summed E-state index contributed by atoms with van der Waals surface area (Å²) < 4.78 is 56.7. The zero-order chi connectivity index (χ0) is 21.6. The highest BCUT2D eigenvalue weighted by Crippen LogP contribution is 2.31. The van der Waals surface area contributed by atoms with Gasteiger partial charge in [-0.3, -0.25) is 0 Å². The molecule has 1 aromatic heterocycles. The number of nitrogens with one attached hydrogen (secondary N) is 2. The predicted octanol–water partition coefficient (Wildman–Crippen LogP) is 3.55. The molecular formula is C20H22FN3O5S. The molecule has 1 heterocycles. The summed E-state index contributed by atoms with van der Waals surface area (Å²) in [6.45, 7) is 2.78. The van der Waals surface area contributed by atoms with E-state index >= 15 is 0 Å². The van der Waals surface area contributed by atoms with Gasteiger partial charge >= 0.3 is 0 Å². The summed E-state index contributed by atoms with van der Waals surface area (Å²) in [6.07, 6.45) is 1.48. The van der Waals surface area contributed by atoms with E-state index in [2.05, 4.69) is 15.0 Å². The number of aromatic nitrogens is 1. The number of nitrogens with zero attached hydrogens (tertiary/aromatic N) is 1. The van der Waals surface area contributed by atoms with Crippen molar-refractivity contribution in [2.24, 2.45) is 0 Å². The monoisotopic (exact) mass is 435 g/mol.